The van der Waals surface area contributed by atoms with Crippen molar-refractivity contribution >= 4 is 42.3 Å². The van der Waals surface area contributed by atoms with Gasteiger partial charge < -0.3 is 45.1 Å². The zero-order valence-electron chi connectivity index (χ0n) is 22.4. The summed E-state index contributed by atoms with van der Waals surface area (Å²) >= 11 is 0. The summed E-state index contributed by atoms with van der Waals surface area (Å²) < 4.78 is 13.7. The molecule has 1 amide bonds. The molecule has 17 heteroatoms. The van der Waals surface area contributed by atoms with Crippen molar-refractivity contribution in [3.63, 3.8) is 0 Å². The summed E-state index contributed by atoms with van der Waals surface area (Å²) in [7, 11) is 0. The van der Waals surface area contributed by atoms with Crippen LogP contribution in [-0.2, 0) is 43.0 Å². The number of amides is 1. The Morgan fingerprint density at radius 2 is 1.60 bits per heavy atom. The molecule has 0 aliphatic carbocycles. The maximum atomic E-state index is 11.7. The van der Waals surface area contributed by atoms with Gasteiger partial charge in [-0.1, -0.05) is 13.8 Å². The molecular weight excluding hydrogens is 542 g/mol. The van der Waals surface area contributed by atoms with Gasteiger partial charge in [-0.2, -0.15) is 0 Å². The van der Waals surface area contributed by atoms with Gasteiger partial charge in [0.1, 0.15) is 24.0 Å². The molecule has 17 nitrogen and oxygen atoms in total. The van der Waals surface area contributed by atoms with E-state index < -0.39 is 60.8 Å². The summed E-state index contributed by atoms with van der Waals surface area (Å²) in [5, 5.41) is 53.3. The van der Waals surface area contributed by atoms with Crippen LogP contribution in [0.3, 0.4) is 0 Å². The van der Waals surface area contributed by atoms with Gasteiger partial charge in [0.2, 0.25) is 12.2 Å². The lowest BCUT2D eigenvalue weighted by Gasteiger charge is -2.37. The lowest BCUT2D eigenvalue weighted by Crippen LogP contribution is -2.57. The van der Waals surface area contributed by atoms with E-state index in [9.17, 15) is 44.1 Å². The first-order valence-corrected chi connectivity index (χ1v) is 12.1. The molecule has 9 N–H and O–H groups in total. The highest BCUT2D eigenvalue weighted by Crippen LogP contribution is 2.20. The lowest BCUT2D eigenvalue weighted by molar-refractivity contribution is -0.280. The van der Waals surface area contributed by atoms with Crippen molar-refractivity contribution in [3.8, 4) is 0 Å². The molecule has 0 aromatic rings. The van der Waals surface area contributed by atoms with Crippen LogP contribution in [0.25, 0.3) is 0 Å². The van der Waals surface area contributed by atoms with E-state index in [0.717, 1.165) is 0 Å². The quantitative estimate of drug-likeness (QED) is 0.0591. The largest absolute Gasteiger partial charge is 0.481 e. The van der Waals surface area contributed by atoms with E-state index in [1.54, 1.807) is 13.8 Å². The van der Waals surface area contributed by atoms with Crippen LogP contribution in [0.4, 0.5) is 0 Å². The van der Waals surface area contributed by atoms with Crippen molar-refractivity contribution in [2.75, 3.05) is 0 Å². The fraction of sp³-hybridized carbons (Fsp3) is 0.696. The normalized spacial score (nSPS) is 22.8. The molecule has 1 aliphatic rings. The monoisotopic (exact) mass is 581 g/mol. The van der Waals surface area contributed by atoms with Crippen LogP contribution in [0.1, 0.15) is 59.3 Å². The molecule has 0 spiro atoms. The number of aliphatic hydroxyl groups is 3. The Morgan fingerprint density at radius 1 is 1.00 bits per heavy atom. The molecule has 0 saturated carbocycles. The van der Waals surface area contributed by atoms with Crippen molar-refractivity contribution in [3.05, 3.63) is 0 Å². The van der Waals surface area contributed by atoms with Gasteiger partial charge in [-0.3, -0.25) is 35.1 Å². The van der Waals surface area contributed by atoms with E-state index in [4.69, 9.17) is 26.1 Å². The van der Waals surface area contributed by atoms with E-state index in [1.807, 2.05) is 0 Å². The Bertz CT molecular complexity index is 840. The number of nitrogens with one attached hydrogen (secondary N) is 2. The summed E-state index contributed by atoms with van der Waals surface area (Å²) in [5.74, 6) is -2.90. The van der Waals surface area contributed by atoms with Gasteiger partial charge in [0.25, 0.3) is 12.9 Å². The molecule has 0 aromatic carbocycles. The molecule has 1 saturated heterocycles. The second-order valence-electron chi connectivity index (χ2n) is 8.25. The van der Waals surface area contributed by atoms with Crippen LogP contribution in [0.15, 0.2) is 0 Å². The summed E-state index contributed by atoms with van der Waals surface area (Å²) in [6, 6.07) is -0.704. The molecule has 1 aliphatic heterocycles. The first-order chi connectivity index (χ1) is 18.7. The maximum Gasteiger partial charge on any atom is 0.349 e. The summed E-state index contributed by atoms with van der Waals surface area (Å²) in [5.41, 5.74) is 5.13. The molecule has 0 aromatic heterocycles. The van der Waals surface area contributed by atoms with Gasteiger partial charge >= 0.3 is 11.9 Å². The Labute approximate surface area is 230 Å². The molecular formula is C23H39N3O14. The van der Waals surface area contributed by atoms with Crippen LogP contribution in [0.2, 0.25) is 0 Å². The molecule has 230 valence electrons. The van der Waals surface area contributed by atoms with Crippen LogP contribution >= 0.6 is 0 Å². The number of hydrogen-bond acceptors (Lipinski definition) is 14. The fourth-order valence-electron chi connectivity index (χ4n) is 2.83. The highest BCUT2D eigenvalue weighted by atomic mass is 16.7. The molecule has 2 unspecified atom stereocenters. The van der Waals surface area contributed by atoms with Crippen molar-refractivity contribution in [2.45, 2.75) is 102 Å². The lowest BCUT2D eigenvalue weighted by atomic mass is 10.0. The number of Topliss-reactive ketones (excluding diaryl/α,β-unsaturated/α-hetero) is 1. The van der Waals surface area contributed by atoms with Crippen molar-refractivity contribution in [1.29, 1.82) is 5.41 Å². The van der Waals surface area contributed by atoms with Gasteiger partial charge in [0, 0.05) is 19.3 Å². The SMILES string of the molecule is CCC(=N)C(=O)O.CC[C@H](NC(=O)CC[C@H](N)OC=O)C(=O)CCC(=O)O.C[C@@H]1OC(OC=O)[C@@H](O)[C@H](O)C1O. The summed E-state index contributed by atoms with van der Waals surface area (Å²) in [6.07, 6.45) is -6.29. The first kappa shape index (κ1) is 38.6. The maximum absolute atomic E-state index is 11.7. The second kappa shape index (κ2) is 21.3. The number of ether oxygens (including phenoxy) is 3. The Kier molecular flexibility index (Phi) is 20.6. The van der Waals surface area contributed by atoms with E-state index in [2.05, 4.69) is 14.8 Å². The number of carbonyl (C=O) groups is 6. The summed E-state index contributed by atoms with van der Waals surface area (Å²) in [4.78, 5) is 63.3. The number of nitrogens with two attached hydrogens (primary N) is 1. The Morgan fingerprint density at radius 3 is 2.02 bits per heavy atom. The number of carbonyl (C=O) groups excluding carboxylic acids is 4. The van der Waals surface area contributed by atoms with Crippen molar-refractivity contribution in [2.24, 2.45) is 5.73 Å². The number of carboxylic acids is 2. The minimum atomic E-state index is -1.42. The van der Waals surface area contributed by atoms with Crippen LogP contribution in [-0.4, -0.2) is 111 Å². The topological polar surface area (TPSA) is 293 Å². The predicted molar refractivity (Wildman–Crippen MR) is 134 cm³/mol. The van der Waals surface area contributed by atoms with Gasteiger partial charge in [-0.25, -0.2) is 4.79 Å². The van der Waals surface area contributed by atoms with Gasteiger partial charge in [-0.05, 0) is 19.8 Å². The van der Waals surface area contributed by atoms with Crippen LogP contribution < -0.4 is 11.1 Å². The number of aliphatic hydroxyl groups excluding tert-OH is 3. The van der Waals surface area contributed by atoms with Crippen LogP contribution in [0.5, 0.6) is 0 Å². The first-order valence-electron chi connectivity index (χ1n) is 12.1. The number of aliphatic carboxylic acids is 2. The van der Waals surface area contributed by atoms with Crippen LogP contribution in [0, 0.1) is 5.41 Å². The molecule has 1 rings (SSSR count). The number of ketones is 1. The molecule has 7 atom stereocenters. The predicted octanol–water partition coefficient (Wildman–Crippen LogP) is -1.96. The smallest absolute Gasteiger partial charge is 0.349 e. The Hall–Kier alpha value is -3.51. The zero-order chi connectivity index (χ0) is 31.4. The Balaban J connectivity index is 0. The molecule has 40 heavy (non-hydrogen) atoms. The van der Waals surface area contributed by atoms with E-state index in [0.29, 0.717) is 12.8 Å². The van der Waals surface area contributed by atoms with Gasteiger partial charge in [0.15, 0.2) is 12.0 Å². The minimum absolute atomic E-state index is 0.0116. The standard InChI is InChI=1S/C12H20N2O6.C7H12O6.C4H7NO2/c1-2-8(9(16)3-6-12(18)19)14-11(17)5-4-10(13)20-7-15;1-3-4(9)5(10)6(11)7(13-3)12-2-8;1-2-3(5)4(6)7/h7-8,10H,2-6,13H2,1H3,(H,14,17)(H,18,19);2-7,9-11H,1H3;5H,2H2,1H3,(H,6,7)/t8-,10+;3-,4?,5+,6-,7?;/m00./s1. The molecule has 0 bridgehead atoms. The van der Waals surface area contributed by atoms with E-state index in [1.165, 1.54) is 6.92 Å². The average molecular weight is 582 g/mol. The zero-order valence-corrected chi connectivity index (χ0v) is 22.4. The van der Waals surface area contributed by atoms with E-state index in [-0.39, 0.29) is 50.1 Å². The van der Waals surface area contributed by atoms with Gasteiger partial charge in [-0.15, -0.1) is 0 Å². The molecule has 1 fully saturated rings. The highest BCUT2D eigenvalue weighted by Gasteiger charge is 2.42. The fourth-order valence-corrected chi connectivity index (χ4v) is 2.83. The van der Waals surface area contributed by atoms with Crippen molar-refractivity contribution < 1.29 is 68.5 Å². The van der Waals surface area contributed by atoms with E-state index >= 15 is 0 Å². The number of rotatable bonds is 15. The number of hydrogen-bond donors (Lipinski definition) is 8. The molecule has 0 radical (unpaired) electrons. The minimum Gasteiger partial charge on any atom is -0.481 e. The highest BCUT2D eigenvalue weighted by molar-refractivity contribution is 6.34. The third-order valence-electron chi connectivity index (χ3n) is 5.21. The third kappa shape index (κ3) is 16.5. The average Bonchev–Trinajstić information content (AvgIpc) is 2.91. The molecule has 1 heterocycles. The second-order valence-corrected chi connectivity index (χ2v) is 8.25. The van der Waals surface area contributed by atoms with Gasteiger partial charge in [0.05, 0.1) is 18.6 Å². The summed E-state index contributed by atoms with van der Waals surface area (Å²) in [6.45, 7) is 5.17. The number of carboxylic acid groups (broad SMARTS) is 2. The van der Waals surface area contributed by atoms with Crippen molar-refractivity contribution in [1.82, 2.24) is 5.32 Å². The third-order valence-corrected chi connectivity index (χ3v) is 5.21.